The number of para-hydroxylation sites is 1. The molecule has 0 aliphatic carbocycles. The number of H-pyrrole nitrogens is 1. The zero-order valence-corrected chi connectivity index (χ0v) is 18.6. The van der Waals surface area contributed by atoms with Crippen LogP contribution in [-0.2, 0) is 6.54 Å². The van der Waals surface area contributed by atoms with Crippen LogP contribution in [0.1, 0.15) is 26.5 Å². The van der Waals surface area contributed by atoms with Crippen LogP contribution in [-0.4, -0.2) is 57.3 Å². The number of aromatic nitrogens is 2. The summed E-state index contributed by atoms with van der Waals surface area (Å²) in [5, 5.41) is 0.354. The first-order valence-corrected chi connectivity index (χ1v) is 11.0. The number of piperazine rings is 1. The van der Waals surface area contributed by atoms with E-state index in [0.29, 0.717) is 29.6 Å². The minimum atomic E-state index is -0.675. The number of carbonyl (C=O) groups excluding carboxylic acids is 2. The molecule has 0 saturated carbocycles. The Kier molecular flexibility index (Phi) is 5.77. The number of hydrogen-bond acceptors (Lipinski definition) is 5. The Morgan fingerprint density at radius 2 is 1.63 bits per heavy atom. The molecular formula is C25H21FN4O5. The lowest BCUT2D eigenvalue weighted by molar-refractivity contribution is 0.0515. The fourth-order valence-corrected chi connectivity index (χ4v) is 4.26. The number of nitrogens with one attached hydrogen (secondary N) is 1. The average molecular weight is 476 g/mol. The molecule has 9 nitrogen and oxygen atoms in total. The van der Waals surface area contributed by atoms with E-state index in [-0.39, 0.29) is 36.9 Å². The second-order valence-electron chi connectivity index (χ2n) is 8.24. The van der Waals surface area contributed by atoms with Crippen LogP contribution in [0.4, 0.5) is 4.39 Å². The van der Waals surface area contributed by atoms with Crippen molar-refractivity contribution in [2.24, 2.45) is 0 Å². The molecule has 2 aromatic carbocycles. The van der Waals surface area contributed by atoms with Crippen molar-refractivity contribution in [1.82, 2.24) is 19.4 Å². The normalized spacial score (nSPS) is 13.9. The molecule has 178 valence electrons. The van der Waals surface area contributed by atoms with Gasteiger partial charge in [-0.15, -0.1) is 0 Å². The van der Waals surface area contributed by atoms with Gasteiger partial charge < -0.3 is 14.2 Å². The predicted molar refractivity (Wildman–Crippen MR) is 125 cm³/mol. The summed E-state index contributed by atoms with van der Waals surface area (Å²) >= 11 is 0. The molecule has 2 aromatic heterocycles. The molecule has 1 N–H and O–H groups in total. The van der Waals surface area contributed by atoms with Crippen molar-refractivity contribution in [3.63, 3.8) is 0 Å². The Morgan fingerprint density at radius 1 is 0.914 bits per heavy atom. The maximum atomic E-state index is 14.6. The summed E-state index contributed by atoms with van der Waals surface area (Å²) in [4.78, 5) is 55.5. The fourth-order valence-electron chi connectivity index (χ4n) is 4.26. The number of benzene rings is 2. The first-order chi connectivity index (χ1) is 16.9. The Bertz CT molecular complexity index is 1530. The van der Waals surface area contributed by atoms with Crippen LogP contribution in [0.2, 0.25) is 0 Å². The van der Waals surface area contributed by atoms with E-state index < -0.39 is 23.0 Å². The number of halogens is 1. The number of hydrogen-bond donors (Lipinski definition) is 1. The number of amides is 2. The van der Waals surface area contributed by atoms with Crippen molar-refractivity contribution in [1.29, 1.82) is 0 Å². The van der Waals surface area contributed by atoms with Crippen molar-refractivity contribution < 1.29 is 18.4 Å². The third-order valence-electron chi connectivity index (χ3n) is 6.09. The van der Waals surface area contributed by atoms with Gasteiger partial charge in [-0.05, 0) is 42.0 Å². The lowest BCUT2D eigenvalue weighted by Crippen LogP contribution is -2.50. The van der Waals surface area contributed by atoms with E-state index in [9.17, 15) is 23.6 Å². The van der Waals surface area contributed by atoms with Gasteiger partial charge >= 0.3 is 5.69 Å². The summed E-state index contributed by atoms with van der Waals surface area (Å²) < 4.78 is 21.2. The number of aromatic amines is 1. The van der Waals surface area contributed by atoms with Crippen molar-refractivity contribution >= 4 is 22.7 Å². The number of furan rings is 1. The van der Waals surface area contributed by atoms with E-state index >= 15 is 0 Å². The minimum Gasteiger partial charge on any atom is -0.459 e. The van der Waals surface area contributed by atoms with Crippen LogP contribution in [0.5, 0.6) is 0 Å². The number of fused-ring (bicyclic) bond motifs is 1. The van der Waals surface area contributed by atoms with Gasteiger partial charge in [-0.25, -0.2) is 9.18 Å². The van der Waals surface area contributed by atoms with Gasteiger partial charge in [0.2, 0.25) is 0 Å². The van der Waals surface area contributed by atoms with E-state index in [0.717, 1.165) is 0 Å². The Hall–Kier alpha value is -4.47. The van der Waals surface area contributed by atoms with Crippen molar-refractivity contribution in [3.8, 4) is 0 Å². The summed E-state index contributed by atoms with van der Waals surface area (Å²) in [5.41, 5.74) is -0.226. The highest BCUT2D eigenvalue weighted by Gasteiger charge is 2.28. The summed E-state index contributed by atoms with van der Waals surface area (Å²) in [7, 11) is 0. The van der Waals surface area contributed by atoms with Gasteiger partial charge in [0.15, 0.2) is 5.76 Å². The highest BCUT2D eigenvalue weighted by atomic mass is 19.1. The molecule has 0 atom stereocenters. The van der Waals surface area contributed by atoms with Gasteiger partial charge in [0.05, 0.1) is 29.3 Å². The maximum Gasteiger partial charge on any atom is 0.329 e. The van der Waals surface area contributed by atoms with E-state index in [4.69, 9.17) is 4.42 Å². The smallest absolute Gasteiger partial charge is 0.329 e. The molecule has 0 unspecified atom stereocenters. The first kappa shape index (κ1) is 22.3. The molecule has 10 heteroatoms. The molecule has 0 radical (unpaired) electrons. The predicted octanol–water partition coefficient (Wildman–Crippen LogP) is 2.07. The number of carbonyl (C=O) groups is 2. The van der Waals surface area contributed by atoms with Gasteiger partial charge in [-0.1, -0.05) is 18.2 Å². The molecular weight excluding hydrogens is 455 g/mol. The Balaban J connectivity index is 1.36. The maximum absolute atomic E-state index is 14.6. The highest BCUT2D eigenvalue weighted by Crippen LogP contribution is 2.18. The molecule has 1 fully saturated rings. The lowest BCUT2D eigenvalue weighted by atomic mass is 10.1. The van der Waals surface area contributed by atoms with Crippen LogP contribution in [0.25, 0.3) is 10.9 Å². The molecule has 0 bridgehead atoms. The number of nitrogens with zero attached hydrogens (tertiary/aromatic N) is 3. The molecule has 1 aliphatic rings. The van der Waals surface area contributed by atoms with Crippen LogP contribution in [0.15, 0.2) is 74.9 Å². The van der Waals surface area contributed by atoms with Gasteiger partial charge in [0.25, 0.3) is 17.4 Å². The molecule has 5 rings (SSSR count). The fraction of sp³-hybridized carbons (Fsp3) is 0.200. The van der Waals surface area contributed by atoms with E-state index in [2.05, 4.69) is 4.98 Å². The zero-order valence-electron chi connectivity index (χ0n) is 18.6. The lowest BCUT2D eigenvalue weighted by Gasteiger charge is -2.34. The van der Waals surface area contributed by atoms with E-state index in [1.165, 1.54) is 33.9 Å². The third-order valence-corrected chi connectivity index (χ3v) is 6.09. The van der Waals surface area contributed by atoms with E-state index in [1.54, 1.807) is 41.3 Å². The van der Waals surface area contributed by atoms with Gasteiger partial charge in [-0.3, -0.25) is 23.9 Å². The zero-order chi connectivity index (χ0) is 24.5. The Labute approximate surface area is 198 Å². The molecule has 35 heavy (non-hydrogen) atoms. The van der Waals surface area contributed by atoms with Gasteiger partial charge in [-0.2, -0.15) is 0 Å². The highest BCUT2D eigenvalue weighted by molar-refractivity contribution is 5.95. The minimum absolute atomic E-state index is 0.0438. The molecule has 1 aliphatic heterocycles. The Morgan fingerprint density at radius 3 is 2.34 bits per heavy atom. The van der Waals surface area contributed by atoms with Crippen molar-refractivity contribution in [2.45, 2.75) is 6.54 Å². The topological polar surface area (TPSA) is 109 Å². The monoisotopic (exact) mass is 476 g/mol. The van der Waals surface area contributed by atoms with Crippen LogP contribution in [0.3, 0.4) is 0 Å². The summed E-state index contributed by atoms with van der Waals surface area (Å²) in [6, 6.07) is 14.0. The summed E-state index contributed by atoms with van der Waals surface area (Å²) in [6.07, 6.45) is 1.42. The SMILES string of the molecule is O=C(c1ccco1)N1CCN(C(=O)c2cc(Cn3c(=O)[nH]c(=O)c4ccccc43)ccc2F)CC1. The molecule has 1 saturated heterocycles. The number of rotatable bonds is 4. The third kappa shape index (κ3) is 4.25. The molecule has 4 aromatic rings. The average Bonchev–Trinajstić information content (AvgIpc) is 3.42. The first-order valence-electron chi connectivity index (χ1n) is 11.0. The van der Waals surface area contributed by atoms with Gasteiger partial charge in [0, 0.05) is 26.2 Å². The van der Waals surface area contributed by atoms with Crippen LogP contribution < -0.4 is 11.2 Å². The summed E-state index contributed by atoms with van der Waals surface area (Å²) in [6.45, 7) is 1.14. The largest absolute Gasteiger partial charge is 0.459 e. The second kappa shape index (κ2) is 9.05. The van der Waals surface area contributed by atoms with Gasteiger partial charge in [0.1, 0.15) is 5.82 Å². The van der Waals surface area contributed by atoms with Crippen LogP contribution in [0, 0.1) is 5.82 Å². The quantitative estimate of drug-likeness (QED) is 0.485. The molecule has 0 spiro atoms. The van der Waals surface area contributed by atoms with Crippen molar-refractivity contribution in [2.75, 3.05) is 26.2 Å². The summed E-state index contributed by atoms with van der Waals surface area (Å²) in [5.74, 6) is -1.19. The molecule has 3 heterocycles. The second-order valence-corrected chi connectivity index (χ2v) is 8.24. The van der Waals surface area contributed by atoms with E-state index in [1.807, 2.05) is 0 Å². The van der Waals surface area contributed by atoms with Crippen molar-refractivity contribution in [3.05, 3.63) is 104 Å². The van der Waals surface area contributed by atoms with Crippen LogP contribution >= 0.6 is 0 Å². The standard InChI is InChI=1S/C25H21FN4O5/c26-19-8-7-16(15-30-20-5-2-1-4-17(20)22(31)27-25(30)34)14-18(19)23(32)28-9-11-29(12-10-28)24(33)21-6-3-13-35-21/h1-8,13-14H,9-12,15H2,(H,27,31,34). The molecule has 2 amide bonds.